The predicted octanol–water partition coefficient (Wildman–Crippen LogP) is 2.04. The predicted molar refractivity (Wildman–Crippen MR) is 48.4 cm³/mol. The molecule has 2 N–H and O–H groups in total. The van der Waals surface area contributed by atoms with Gasteiger partial charge in [0.25, 0.3) is 0 Å². The molecule has 0 amide bonds. The molecule has 0 bridgehead atoms. The Hall–Kier alpha value is -1.15. The van der Waals surface area contributed by atoms with E-state index < -0.39 is 0 Å². The third-order valence-corrected chi connectivity index (χ3v) is 1.69. The van der Waals surface area contributed by atoms with Gasteiger partial charge in [0.2, 0.25) is 0 Å². The van der Waals surface area contributed by atoms with Crippen molar-refractivity contribution in [3.05, 3.63) is 47.8 Å². The van der Waals surface area contributed by atoms with E-state index in [2.05, 4.69) is 0 Å². The zero-order valence-electron chi connectivity index (χ0n) is 6.83. The molecule has 0 unspecified atom stereocenters. The van der Waals surface area contributed by atoms with E-state index in [1.807, 2.05) is 30.3 Å². The lowest BCUT2D eigenvalue weighted by Gasteiger charge is -2.01. The quantitative estimate of drug-likeness (QED) is 0.728. The maximum atomic E-state index is 12.1. The Morgan fingerprint density at radius 2 is 2.00 bits per heavy atom. The van der Waals surface area contributed by atoms with Crippen molar-refractivity contribution in [2.45, 2.75) is 6.42 Å². The molecule has 0 aromatic heterocycles. The molecular formula is C10H12FN. The summed E-state index contributed by atoms with van der Waals surface area (Å²) < 4.78 is 12.1. The molecule has 2 heteroatoms. The normalized spacial score (nSPS) is 11.7. The lowest BCUT2D eigenvalue weighted by molar-refractivity contribution is 0.699. The van der Waals surface area contributed by atoms with Crippen molar-refractivity contribution in [3.8, 4) is 0 Å². The molecule has 0 fully saturated rings. The summed E-state index contributed by atoms with van der Waals surface area (Å²) in [5, 5.41) is 0. The summed E-state index contributed by atoms with van der Waals surface area (Å²) in [6, 6.07) is 9.71. The second-order valence-electron chi connectivity index (χ2n) is 2.63. The van der Waals surface area contributed by atoms with Gasteiger partial charge in [0.15, 0.2) is 0 Å². The Balaban J connectivity index is 2.64. The minimum absolute atomic E-state index is 0.283. The van der Waals surface area contributed by atoms with E-state index in [-0.39, 0.29) is 6.54 Å². The van der Waals surface area contributed by atoms with Crippen molar-refractivity contribution >= 4 is 0 Å². The molecule has 1 nitrogen and oxygen atoms in total. The highest BCUT2D eigenvalue weighted by Crippen LogP contribution is 2.06. The average Bonchev–Trinajstić information content (AvgIpc) is 2.16. The van der Waals surface area contributed by atoms with Crippen LogP contribution in [0.3, 0.4) is 0 Å². The smallest absolute Gasteiger partial charge is 0.0875 e. The first-order valence-corrected chi connectivity index (χ1v) is 3.89. The van der Waals surface area contributed by atoms with Gasteiger partial charge in [0.05, 0.1) is 6.33 Å². The second-order valence-corrected chi connectivity index (χ2v) is 2.63. The minimum atomic E-state index is 0.283. The fourth-order valence-electron chi connectivity index (χ4n) is 1.01. The molecule has 0 aliphatic rings. The number of benzene rings is 1. The van der Waals surface area contributed by atoms with Gasteiger partial charge >= 0.3 is 0 Å². The number of nitrogens with two attached hydrogens (primary N) is 1. The van der Waals surface area contributed by atoms with Crippen LogP contribution in [0.25, 0.3) is 0 Å². The highest BCUT2D eigenvalue weighted by atomic mass is 19.1. The summed E-state index contributed by atoms with van der Waals surface area (Å²) in [6.45, 7) is 0.283. The molecule has 0 saturated carbocycles. The van der Waals surface area contributed by atoms with Gasteiger partial charge in [-0.3, -0.25) is 0 Å². The standard InChI is InChI=1S/C10H12FN/c11-7-10(8-12)6-9-4-2-1-3-5-9/h1-5,7H,6,8,12H2/b10-7-. The van der Waals surface area contributed by atoms with Crippen LogP contribution in [-0.2, 0) is 6.42 Å². The third-order valence-electron chi connectivity index (χ3n) is 1.69. The zero-order chi connectivity index (χ0) is 8.81. The molecule has 0 radical (unpaired) electrons. The fourth-order valence-corrected chi connectivity index (χ4v) is 1.01. The summed E-state index contributed by atoms with van der Waals surface area (Å²) in [6.07, 6.45) is 1.20. The van der Waals surface area contributed by atoms with E-state index in [9.17, 15) is 4.39 Å². The van der Waals surface area contributed by atoms with Crippen molar-refractivity contribution in [1.82, 2.24) is 0 Å². The molecule has 0 atom stereocenters. The largest absolute Gasteiger partial charge is 0.327 e. The van der Waals surface area contributed by atoms with Gasteiger partial charge in [-0.1, -0.05) is 30.3 Å². The van der Waals surface area contributed by atoms with Gasteiger partial charge in [-0.05, 0) is 17.6 Å². The van der Waals surface area contributed by atoms with E-state index >= 15 is 0 Å². The van der Waals surface area contributed by atoms with E-state index in [1.165, 1.54) is 0 Å². The Labute approximate surface area is 71.7 Å². The van der Waals surface area contributed by atoms with Crippen LogP contribution in [0, 0.1) is 0 Å². The van der Waals surface area contributed by atoms with Crippen LogP contribution in [0.15, 0.2) is 42.2 Å². The number of hydrogen-bond donors (Lipinski definition) is 1. The second kappa shape index (κ2) is 4.67. The monoisotopic (exact) mass is 165 g/mol. The van der Waals surface area contributed by atoms with Gasteiger partial charge in [-0.2, -0.15) is 0 Å². The molecular weight excluding hydrogens is 153 g/mol. The molecule has 64 valence electrons. The summed E-state index contributed by atoms with van der Waals surface area (Å²) in [5.41, 5.74) is 7.04. The Morgan fingerprint density at radius 1 is 1.33 bits per heavy atom. The van der Waals surface area contributed by atoms with Crippen molar-refractivity contribution in [3.63, 3.8) is 0 Å². The van der Waals surface area contributed by atoms with Crippen LogP contribution >= 0.6 is 0 Å². The van der Waals surface area contributed by atoms with E-state index in [0.717, 1.165) is 5.56 Å². The minimum Gasteiger partial charge on any atom is -0.327 e. The van der Waals surface area contributed by atoms with Crippen molar-refractivity contribution in [1.29, 1.82) is 0 Å². The first-order valence-electron chi connectivity index (χ1n) is 3.89. The number of hydrogen-bond acceptors (Lipinski definition) is 1. The highest BCUT2D eigenvalue weighted by Gasteiger charge is 1.96. The number of halogens is 1. The summed E-state index contributed by atoms with van der Waals surface area (Å²) >= 11 is 0. The van der Waals surface area contributed by atoms with Crippen molar-refractivity contribution < 1.29 is 4.39 Å². The van der Waals surface area contributed by atoms with Crippen molar-refractivity contribution in [2.75, 3.05) is 6.54 Å². The Kier molecular flexibility index (Phi) is 3.48. The van der Waals surface area contributed by atoms with Gasteiger partial charge in [-0.25, -0.2) is 4.39 Å². The Bertz CT molecular complexity index is 254. The van der Waals surface area contributed by atoms with Crippen LogP contribution in [0.2, 0.25) is 0 Å². The van der Waals surface area contributed by atoms with Crippen LogP contribution in [0.5, 0.6) is 0 Å². The molecule has 0 saturated heterocycles. The first kappa shape index (κ1) is 8.94. The molecule has 0 heterocycles. The van der Waals surface area contributed by atoms with E-state index in [1.54, 1.807) is 0 Å². The molecule has 1 rings (SSSR count). The molecule has 0 aliphatic heterocycles. The maximum absolute atomic E-state index is 12.1. The zero-order valence-corrected chi connectivity index (χ0v) is 6.83. The first-order chi connectivity index (χ1) is 5.86. The third kappa shape index (κ3) is 2.47. The summed E-state index contributed by atoms with van der Waals surface area (Å²) in [4.78, 5) is 0. The molecule has 0 spiro atoms. The Morgan fingerprint density at radius 3 is 2.50 bits per heavy atom. The summed E-state index contributed by atoms with van der Waals surface area (Å²) in [7, 11) is 0. The lowest BCUT2D eigenvalue weighted by Crippen LogP contribution is -2.04. The van der Waals surface area contributed by atoms with Crippen LogP contribution in [-0.4, -0.2) is 6.54 Å². The van der Waals surface area contributed by atoms with E-state index in [0.29, 0.717) is 18.3 Å². The lowest BCUT2D eigenvalue weighted by atomic mass is 10.1. The van der Waals surface area contributed by atoms with Gasteiger partial charge in [-0.15, -0.1) is 0 Å². The van der Waals surface area contributed by atoms with Crippen LogP contribution < -0.4 is 5.73 Å². The molecule has 0 aliphatic carbocycles. The SMILES string of the molecule is NC/C(=C\F)Cc1ccccc1. The van der Waals surface area contributed by atoms with Crippen LogP contribution in [0.4, 0.5) is 4.39 Å². The summed E-state index contributed by atoms with van der Waals surface area (Å²) in [5.74, 6) is 0. The topological polar surface area (TPSA) is 26.0 Å². The van der Waals surface area contributed by atoms with Crippen LogP contribution in [0.1, 0.15) is 5.56 Å². The van der Waals surface area contributed by atoms with Gasteiger partial charge in [0, 0.05) is 6.54 Å². The van der Waals surface area contributed by atoms with Gasteiger partial charge in [0.1, 0.15) is 0 Å². The maximum Gasteiger partial charge on any atom is 0.0875 e. The number of rotatable bonds is 3. The fraction of sp³-hybridized carbons (Fsp3) is 0.200. The average molecular weight is 165 g/mol. The molecule has 12 heavy (non-hydrogen) atoms. The van der Waals surface area contributed by atoms with Crippen molar-refractivity contribution in [2.24, 2.45) is 5.73 Å². The highest BCUT2D eigenvalue weighted by molar-refractivity contribution is 5.21. The van der Waals surface area contributed by atoms with E-state index in [4.69, 9.17) is 5.73 Å². The molecule has 1 aromatic rings. The molecule has 1 aromatic carbocycles. The van der Waals surface area contributed by atoms with Gasteiger partial charge < -0.3 is 5.73 Å².